The van der Waals surface area contributed by atoms with Crippen molar-refractivity contribution in [1.29, 1.82) is 0 Å². The predicted molar refractivity (Wildman–Crippen MR) is 70.0 cm³/mol. The van der Waals surface area contributed by atoms with Gasteiger partial charge in [0.25, 0.3) is 0 Å². The fraction of sp³-hybridized carbons (Fsp3) is 0.333. The third kappa shape index (κ3) is 4.94. The van der Waals surface area contributed by atoms with E-state index in [0.29, 0.717) is 15.6 Å². The Balaban J connectivity index is 2.56. The molecule has 2 N–H and O–H groups in total. The molecule has 0 saturated heterocycles. The highest BCUT2D eigenvalue weighted by atomic mass is 35.5. The molecule has 0 aliphatic rings. The number of rotatable bonds is 5. The first-order valence-corrected chi connectivity index (χ1v) is 6.09. The van der Waals surface area contributed by atoms with Crippen LogP contribution in [0.15, 0.2) is 18.2 Å². The van der Waals surface area contributed by atoms with Crippen molar-refractivity contribution < 1.29 is 14.7 Å². The summed E-state index contributed by atoms with van der Waals surface area (Å²) in [7, 11) is 0. The van der Waals surface area contributed by atoms with E-state index < -0.39 is 12.0 Å². The molecule has 0 radical (unpaired) electrons. The van der Waals surface area contributed by atoms with Crippen LogP contribution >= 0.6 is 23.2 Å². The van der Waals surface area contributed by atoms with E-state index in [-0.39, 0.29) is 18.7 Å². The highest BCUT2D eigenvalue weighted by Crippen LogP contribution is 2.21. The van der Waals surface area contributed by atoms with Crippen molar-refractivity contribution in [3.05, 3.63) is 33.8 Å². The van der Waals surface area contributed by atoms with Gasteiger partial charge < -0.3 is 10.4 Å². The minimum absolute atomic E-state index is 0.0972. The topological polar surface area (TPSA) is 66.4 Å². The van der Waals surface area contributed by atoms with Gasteiger partial charge in [0, 0.05) is 16.1 Å². The largest absolute Gasteiger partial charge is 0.481 e. The highest BCUT2D eigenvalue weighted by molar-refractivity contribution is 6.35. The lowest BCUT2D eigenvalue weighted by atomic mass is 10.1. The minimum atomic E-state index is -0.952. The standard InChI is InChI=1S/C12H13Cl2NO3/c1-7(4-12(17)18)15-11(16)5-8-2-3-9(13)6-10(8)14/h2-3,6-7H,4-5H2,1H3,(H,15,16)(H,17,18). The zero-order valence-corrected chi connectivity index (χ0v) is 11.3. The molecule has 1 aromatic carbocycles. The van der Waals surface area contributed by atoms with E-state index in [1.165, 1.54) is 0 Å². The van der Waals surface area contributed by atoms with Crippen LogP contribution in [0.25, 0.3) is 0 Å². The molecule has 0 aliphatic carbocycles. The van der Waals surface area contributed by atoms with E-state index in [2.05, 4.69) is 5.32 Å². The van der Waals surface area contributed by atoms with Crippen LogP contribution in [-0.2, 0) is 16.0 Å². The van der Waals surface area contributed by atoms with Crippen molar-refractivity contribution in [3.8, 4) is 0 Å². The number of halogens is 2. The van der Waals surface area contributed by atoms with Crippen molar-refractivity contribution in [2.24, 2.45) is 0 Å². The molecule has 98 valence electrons. The Kier molecular flexibility index (Phi) is 5.44. The van der Waals surface area contributed by atoms with Crippen LogP contribution in [0, 0.1) is 0 Å². The lowest BCUT2D eigenvalue weighted by Crippen LogP contribution is -2.35. The Bertz CT molecular complexity index is 463. The highest BCUT2D eigenvalue weighted by Gasteiger charge is 2.12. The van der Waals surface area contributed by atoms with Crippen molar-refractivity contribution in [2.45, 2.75) is 25.8 Å². The normalized spacial score (nSPS) is 11.9. The third-order valence-corrected chi connectivity index (χ3v) is 2.84. The van der Waals surface area contributed by atoms with Gasteiger partial charge in [-0.3, -0.25) is 9.59 Å². The monoisotopic (exact) mass is 289 g/mol. The smallest absolute Gasteiger partial charge is 0.305 e. The molecule has 1 amide bonds. The summed E-state index contributed by atoms with van der Waals surface area (Å²) in [5.74, 6) is -1.22. The van der Waals surface area contributed by atoms with Crippen LogP contribution in [0.2, 0.25) is 10.0 Å². The molecule has 18 heavy (non-hydrogen) atoms. The molecule has 1 unspecified atom stereocenters. The summed E-state index contributed by atoms with van der Waals surface area (Å²) in [6.07, 6.45) is -0.0138. The molecule has 0 bridgehead atoms. The SMILES string of the molecule is CC(CC(=O)O)NC(=O)Cc1ccc(Cl)cc1Cl. The Labute approximate surface area is 115 Å². The van der Waals surface area contributed by atoms with Gasteiger partial charge in [0.2, 0.25) is 5.91 Å². The van der Waals surface area contributed by atoms with Gasteiger partial charge in [0.05, 0.1) is 12.8 Å². The molecule has 1 rings (SSSR count). The van der Waals surface area contributed by atoms with Crippen molar-refractivity contribution in [1.82, 2.24) is 5.32 Å². The molecule has 6 heteroatoms. The van der Waals surface area contributed by atoms with Crippen LogP contribution < -0.4 is 5.32 Å². The lowest BCUT2D eigenvalue weighted by Gasteiger charge is -2.12. The number of carboxylic acid groups (broad SMARTS) is 1. The van der Waals surface area contributed by atoms with Gasteiger partial charge >= 0.3 is 5.97 Å². The number of amides is 1. The van der Waals surface area contributed by atoms with Crippen molar-refractivity contribution >= 4 is 35.1 Å². The Hall–Kier alpha value is -1.26. The molecule has 0 fully saturated rings. The Morgan fingerprint density at radius 1 is 1.39 bits per heavy atom. The van der Waals surface area contributed by atoms with Gasteiger partial charge in [-0.05, 0) is 24.6 Å². The molecular weight excluding hydrogens is 277 g/mol. The maximum absolute atomic E-state index is 11.6. The fourth-order valence-corrected chi connectivity index (χ4v) is 1.95. The number of carbonyl (C=O) groups excluding carboxylic acids is 1. The van der Waals surface area contributed by atoms with E-state index in [4.69, 9.17) is 28.3 Å². The van der Waals surface area contributed by atoms with Crippen LogP contribution in [0.1, 0.15) is 18.9 Å². The third-order valence-electron chi connectivity index (χ3n) is 2.25. The van der Waals surface area contributed by atoms with Gasteiger partial charge in [-0.25, -0.2) is 0 Å². The number of benzene rings is 1. The average molecular weight is 290 g/mol. The predicted octanol–water partition coefficient (Wildman–Crippen LogP) is 2.52. The van der Waals surface area contributed by atoms with Gasteiger partial charge in [0.1, 0.15) is 0 Å². The molecule has 1 atom stereocenters. The van der Waals surface area contributed by atoms with Gasteiger partial charge in [-0.2, -0.15) is 0 Å². The molecule has 1 aromatic rings. The molecule has 0 heterocycles. The zero-order chi connectivity index (χ0) is 13.7. The molecule has 0 aromatic heterocycles. The second kappa shape index (κ2) is 6.61. The Morgan fingerprint density at radius 3 is 2.61 bits per heavy atom. The summed E-state index contributed by atoms with van der Waals surface area (Å²) >= 11 is 11.7. The van der Waals surface area contributed by atoms with Crippen molar-refractivity contribution in [2.75, 3.05) is 0 Å². The minimum Gasteiger partial charge on any atom is -0.481 e. The quantitative estimate of drug-likeness (QED) is 0.875. The van der Waals surface area contributed by atoms with Gasteiger partial charge in [-0.15, -0.1) is 0 Å². The van der Waals surface area contributed by atoms with E-state index >= 15 is 0 Å². The van der Waals surface area contributed by atoms with Crippen LogP contribution in [0.5, 0.6) is 0 Å². The van der Waals surface area contributed by atoms with E-state index in [9.17, 15) is 9.59 Å². The fourth-order valence-electron chi connectivity index (χ4n) is 1.48. The maximum Gasteiger partial charge on any atom is 0.305 e. The lowest BCUT2D eigenvalue weighted by molar-refractivity contribution is -0.137. The number of aliphatic carboxylic acids is 1. The first kappa shape index (κ1) is 14.8. The number of nitrogens with one attached hydrogen (secondary N) is 1. The summed E-state index contributed by atoms with van der Waals surface area (Å²) in [5, 5.41) is 12.1. The number of hydrogen-bond acceptors (Lipinski definition) is 2. The van der Waals surface area contributed by atoms with E-state index in [0.717, 1.165) is 0 Å². The summed E-state index contributed by atoms with van der Waals surface area (Å²) in [6, 6.07) is 4.47. The zero-order valence-electron chi connectivity index (χ0n) is 9.74. The van der Waals surface area contributed by atoms with E-state index in [1.807, 2.05) is 0 Å². The second-order valence-electron chi connectivity index (χ2n) is 3.98. The number of hydrogen-bond donors (Lipinski definition) is 2. The molecule has 0 aliphatic heterocycles. The Morgan fingerprint density at radius 2 is 2.06 bits per heavy atom. The summed E-state index contributed by atoms with van der Waals surface area (Å²) in [4.78, 5) is 22.1. The van der Waals surface area contributed by atoms with Crippen molar-refractivity contribution in [3.63, 3.8) is 0 Å². The maximum atomic E-state index is 11.6. The number of carbonyl (C=O) groups is 2. The summed E-state index contributed by atoms with van der Waals surface area (Å²) in [6.45, 7) is 1.63. The van der Waals surface area contributed by atoms with E-state index in [1.54, 1.807) is 25.1 Å². The second-order valence-corrected chi connectivity index (χ2v) is 4.82. The van der Waals surface area contributed by atoms with Crippen LogP contribution in [-0.4, -0.2) is 23.0 Å². The molecule has 0 saturated carbocycles. The van der Waals surface area contributed by atoms with Crippen LogP contribution in [0.4, 0.5) is 0 Å². The summed E-state index contributed by atoms with van der Waals surface area (Å²) in [5.41, 5.74) is 0.654. The molecule has 4 nitrogen and oxygen atoms in total. The first-order chi connectivity index (χ1) is 8.38. The average Bonchev–Trinajstić information content (AvgIpc) is 2.20. The first-order valence-electron chi connectivity index (χ1n) is 5.33. The molecule has 0 spiro atoms. The molecular formula is C12H13Cl2NO3. The van der Waals surface area contributed by atoms with Gasteiger partial charge in [0.15, 0.2) is 0 Å². The summed E-state index contributed by atoms with van der Waals surface area (Å²) < 4.78 is 0. The van der Waals surface area contributed by atoms with Gasteiger partial charge in [-0.1, -0.05) is 29.3 Å². The number of carboxylic acids is 1. The van der Waals surface area contributed by atoms with Crippen LogP contribution in [0.3, 0.4) is 0 Å².